The molecule has 348 valence electrons. The molecule has 0 aliphatic carbocycles. The Bertz CT molecular complexity index is 4140. The molecule has 2 heterocycles. The average Bonchev–Trinajstić information content (AvgIpc) is 3.93. The summed E-state index contributed by atoms with van der Waals surface area (Å²) >= 11 is 0. The number of aryl methyl sites for hydroxylation is 3. The van der Waals surface area contributed by atoms with Crippen molar-refractivity contribution in [2.24, 2.45) is 14.1 Å². The maximum atomic E-state index is 2.46. The van der Waals surface area contributed by atoms with Crippen LogP contribution in [0.4, 0.5) is 34.1 Å². The van der Waals surface area contributed by atoms with E-state index in [-0.39, 0.29) is 0 Å². The number of fused-ring (bicyclic) bond motifs is 4. The monoisotopic (exact) mass is 940 g/mol. The summed E-state index contributed by atoms with van der Waals surface area (Å²) in [6.45, 7) is 2.26. The van der Waals surface area contributed by atoms with E-state index >= 15 is 0 Å². The largest absolute Gasteiger partial charge is 0.309 e. The van der Waals surface area contributed by atoms with Crippen molar-refractivity contribution >= 4 is 77.7 Å². The molecule has 0 bridgehead atoms. The Morgan fingerprint density at radius 3 is 1.14 bits per heavy atom. The van der Waals surface area contributed by atoms with Crippen molar-refractivity contribution in [3.63, 3.8) is 0 Å². The third-order valence-electron chi connectivity index (χ3n) is 14.5. The van der Waals surface area contributed by atoms with Gasteiger partial charge in [-0.1, -0.05) is 140 Å². The summed E-state index contributed by atoms with van der Waals surface area (Å²) < 4.78 is 9.37. The number of benzene rings is 11. The topological polar surface area (TPSA) is 24.1 Å². The minimum absolute atomic E-state index is 1.07. The summed E-state index contributed by atoms with van der Waals surface area (Å²) in [5.74, 6) is 2.23. The molecule has 0 aliphatic heterocycles. The summed E-state index contributed by atoms with van der Waals surface area (Å²) in [4.78, 5) is 4.92. The van der Waals surface area contributed by atoms with Crippen LogP contribution in [-0.2, 0) is 14.1 Å². The molecule has 0 saturated heterocycles. The summed E-state index contributed by atoms with van der Waals surface area (Å²) in [5.41, 5.74) is 16.9. The maximum Gasteiger partial charge on any atom is 0.294 e. The number of rotatable bonds is 10. The molecule has 0 saturated carbocycles. The molecule has 6 nitrogen and oxygen atoms in total. The molecule has 0 aliphatic rings. The second-order valence-electron chi connectivity index (χ2n) is 18.8. The maximum absolute atomic E-state index is 2.46. The van der Waals surface area contributed by atoms with Crippen LogP contribution in [0.25, 0.3) is 77.8 Å². The fourth-order valence-electron chi connectivity index (χ4n) is 11.3. The van der Waals surface area contributed by atoms with E-state index in [1.54, 1.807) is 0 Å². The minimum atomic E-state index is 1.07. The van der Waals surface area contributed by atoms with E-state index in [0.29, 0.717) is 0 Å². The van der Waals surface area contributed by atoms with Crippen molar-refractivity contribution in [1.82, 2.24) is 9.13 Å². The Morgan fingerprint density at radius 1 is 0.315 bits per heavy atom. The highest BCUT2D eigenvalue weighted by Gasteiger charge is 2.30. The van der Waals surface area contributed by atoms with Crippen molar-refractivity contribution < 1.29 is 9.13 Å². The number of aromatic nitrogens is 4. The van der Waals surface area contributed by atoms with Crippen LogP contribution in [-0.4, -0.2) is 9.13 Å². The van der Waals surface area contributed by atoms with E-state index in [4.69, 9.17) is 0 Å². The van der Waals surface area contributed by atoms with Crippen LogP contribution in [0.5, 0.6) is 0 Å². The molecule has 6 heteroatoms. The molecule has 0 radical (unpaired) electrons. The Labute approximate surface area is 425 Å². The van der Waals surface area contributed by atoms with Crippen LogP contribution in [0.2, 0.25) is 0 Å². The lowest BCUT2D eigenvalue weighted by Gasteiger charge is -2.33. The number of hydrogen-bond acceptors (Lipinski definition) is 2. The molecule has 0 fully saturated rings. The Hall–Kier alpha value is -9.52. The van der Waals surface area contributed by atoms with Crippen LogP contribution in [0.1, 0.15) is 5.56 Å². The van der Waals surface area contributed by atoms with Crippen molar-refractivity contribution in [3.05, 3.63) is 266 Å². The number of hydrogen-bond donors (Lipinski definition) is 0. The SMILES string of the molecule is Cc1cccc2c(N(c3ccccc3)c3ccc(-c4n(-c5ccccc5)c5ccccc5[n+]4C)cc3)c3ccccc3c(N(c3ccccc3)c3ccc(-c4n(-c5ccccc5)c5ccccc5[n+]4C)cc3)c12. The van der Waals surface area contributed by atoms with Crippen molar-refractivity contribution in [1.29, 1.82) is 0 Å². The van der Waals surface area contributed by atoms with Gasteiger partial charge in [-0.15, -0.1) is 0 Å². The van der Waals surface area contributed by atoms with Crippen molar-refractivity contribution in [2.45, 2.75) is 6.92 Å². The third kappa shape index (κ3) is 7.26. The van der Waals surface area contributed by atoms with Gasteiger partial charge in [-0.25, -0.2) is 9.13 Å². The fourth-order valence-corrected chi connectivity index (χ4v) is 11.3. The van der Waals surface area contributed by atoms with Gasteiger partial charge < -0.3 is 9.80 Å². The molecule has 11 aromatic carbocycles. The second-order valence-corrected chi connectivity index (χ2v) is 18.8. The summed E-state index contributed by atoms with van der Waals surface area (Å²) in [6, 6.07) is 94.3. The molecular weight excluding hydrogens is 889 g/mol. The number of anilines is 6. The van der Waals surface area contributed by atoms with Gasteiger partial charge in [0.15, 0.2) is 22.1 Å². The molecule has 73 heavy (non-hydrogen) atoms. The molecule has 0 unspecified atom stereocenters. The second kappa shape index (κ2) is 18.0. The zero-order chi connectivity index (χ0) is 49.0. The van der Waals surface area contributed by atoms with Gasteiger partial charge in [-0.05, 0) is 134 Å². The van der Waals surface area contributed by atoms with Gasteiger partial charge >= 0.3 is 0 Å². The molecule has 0 N–H and O–H groups in total. The predicted octanol–water partition coefficient (Wildman–Crippen LogP) is 16.1. The highest BCUT2D eigenvalue weighted by molar-refractivity contribution is 6.24. The molecule has 0 spiro atoms. The van der Waals surface area contributed by atoms with Crippen LogP contribution < -0.4 is 18.9 Å². The molecule has 0 atom stereocenters. The van der Waals surface area contributed by atoms with E-state index < -0.39 is 0 Å². The fraction of sp³-hybridized carbons (Fsp3) is 0.0448. The zero-order valence-corrected chi connectivity index (χ0v) is 41.0. The van der Waals surface area contributed by atoms with Gasteiger partial charge in [0.1, 0.15) is 11.4 Å². The highest BCUT2D eigenvalue weighted by atomic mass is 15.2. The first kappa shape index (κ1) is 43.5. The van der Waals surface area contributed by atoms with Crippen molar-refractivity contribution in [3.8, 4) is 34.2 Å². The van der Waals surface area contributed by atoms with Gasteiger partial charge in [0.2, 0.25) is 0 Å². The molecule has 0 amide bonds. The van der Waals surface area contributed by atoms with E-state index in [1.807, 2.05) is 0 Å². The quantitative estimate of drug-likeness (QED) is 0.0775. The Morgan fingerprint density at radius 2 is 0.671 bits per heavy atom. The third-order valence-corrected chi connectivity index (χ3v) is 14.5. The molecule has 2 aromatic heterocycles. The first-order valence-corrected chi connectivity index (χ1v) is 25.0. The molecule has 13 rings (SSSR count). The Balaban J connectivity index is 1.01. The van der Waals surface area contributed by atoms with E-state index in [2.05, 4.69) is 310 Å². The number of imidazole rings is 2. The van der Waals surface area contributed by atoms with E-state index in [1.165, 1.54) is 22.0 Å². The normalized spacial score (nSPS) is 11.5. The predicted molar refractivity (Wildman–Crippen MR) is 302 cm³/mol. The number of nitrogens with zero attached hydrogens (tertiary/aromatic N) is 6. The lowest BCUT2D eigenvalue weighted by Crippen LogP contribution is -2.30. The first-order valence-electron chi connectivity index (χ1n) is 25.0. The smallest absolute Gasteiger partial charge is 0.294 e. The van der Waals surface area contributed by atoms with Gasteiger partial charge in [0.05, 0.1) is 36.6 Å². The molecule has 13 aromatic rings. The zero-order valence-electron chi connectivity index (χ0n) is 41.0. The summed E-state index contributed by atoms with van der Waals surface area (Å²) in [6.07, 6.45) is 0. The lowest BCUT2D eigenvalue weighted by atomic mass is 9.93. The molecular formula is C67H52N6+2. The lowest BCUT2D eigenvalue weighted by molar-refractivity contribution is -0.633. The standard InChI is InChI=1S/C67H52N6/c1-47-23-22-34-58-63(47)65(71(51-26-10-5-11-27-51)55-45-41-49(42-46-55)67-69(3)60-36-19-21-38-62(60)73(67)53-30-14-7-15-31-53)57-33-17-16-32-56(57)64(58)70(50-24-8-4-9-25-50)54-43-39-48(40-44-54)66-68(2)59-35-18-20-37-61(59)72(66)52-28-12-6-13-29-52/h4-46H,1-3H3/q+2. The Kier molecular flexibility index (Phi) is 10.7. The summed E-state index contributed by atoms with van der Waals surface area (Å²) in [7, 11) is 4.34. The van der Waals surface area contributed by atoms with E-state index in [0.717, 1.165) is 95.5 Å². The van der Waals surface area contributed by atoms with Crippen LogP contribution >= 0.6 is 0 Å². The van der Waals surface area contributed by atoms with Crippen molar-refractivity contribution in [2.75, 3.05) is 9.80 Å². The number of para-hydroxylation sites is 8. The van der Waals surface area contributed by atoms with Gasteiger partial charge in [-0.2, -0.15) is 9.13 Å². The summed E-state index contributed by atoms with van der Waals surface area (Å²) in [5, 5.41) is 4.65. The first-order chi connectivity index (χ1) is 36.0. The van der Waals surface area contributed by atoms with Crippen LogP contribution in [0.15, 0.2) is 261 Å². The van der Waals surface area contributed by atoms with Gasteiger partial charge in [0, 0.05) is 44.3 Å². The highest BCUT2D eigenvalue weighted by Crippen LogP contribution is 2.52. The van der Waals surface area contributed by atoms with Crippen LogP contribution in [0.3, 0.4) is 0 Å². The van der Waals surface area contributed by atoms with Crippen LogP contribution in [0, 0.1) is 6.92 Å². The van der Waals surface area contributed by atoms with Gasteiger partial charge in [0.25, 0.3) is 11.6 Å². The average molecular weight is 941 g/mol. The van der Waals surface area contributed by atoms with Gasteiger partial charge in [-0.3, -0.25) is 0 Å². The minimum Gasteiger partial charge on any atom is -0.309 e. The van der Waals surface area contributed by atoms with E-state index in [9.17, 15) is 0 Å².